The van der Waals surface area contributed by atoms with E-state index < -0.39 is 97.5 Å². The first-order valence-electron chi connectivity index (χ1n) is 34.9. The van der Waals surface area contributed by atoms with Gasteiger partial charge in [-0.05, 0) is 43.4 Å². The third-order valence-electron chi connectivity index (χ3n) is 16.1. The van der Waals surface area contributed by atoms with Gasteiger partial charge in [0, 0.05) is 25.7 Å². The second-order valence-electron chi connectivity index (χ2n) is 25.2. The Kier molecular flexibility index (Phi) is 56.9. The Bertz CT molecular complexity index is 1700. The molecule has 19 heteroatoms. The first-order chi connectivity index (χ1) is 41.3. The van der Waals surface area contributed by atoms with Crippen LogP contribution < -0.4 is 0 Å². The first-order valence-corrected chi connectivity index (χ1v) is 37.9. The second kappa shape index (κ2) is 58.2. The van der Waals surface area contributed by atoms with Crippen molar-refractivity contribution in [2.45, 2.75) is 349 Å². The van der Waals surface area contributed by atoms with E-state index in [-0.39, 0.29) is 25.7 Å². The van der Waals surface area contributed by atoms with Crippen LogP contribution in [0.4, 0.5) is 0 Å². The van der Waals surface area contributed by atoms with Gasteiger partial charge in [0.1, 0.15) is 19.3 Å². The number of unbranched alkanes of at least 4 members (excludes halogenated alkanes) is 31. The van der Waals surface area contributed by atoms with Gasteiger partial charge in [-0.2, -0.15) is 0 Å². The van der Waals surface area contributed by atoms with Crippen molar-refractivity contribution in [3.63, 3.8) is 0 Å². The average Bonchev–Trinajstić information content (AvgIpc) is 3.48. The molecule has 0 rings (SSSR count). The highest BCUT2D eigenvalue weighted by Gasteiger charge is 2.30. The van der Waals surface area contributed by atoms with Crippen LogP contribution in [0.5, 0.6) is 0 Å². The van der Waals surface area contributed by atoms with Crippen LogP contribution in [-0.4, -0.2) is 96.7 Å². The normalized spacial score (nSPS) is 14.9. The highest BCUT2D eigenvalue weighted by atomic mass is 31.2. The van der Waals surface area contributed by atoms with Gasteiger partial charge >= 0.3 is 39.5 Å². The molecule has 0 spiro atoms. The summed E-state index contributed by atoms with van der Waals surface area (Å²) < 4.78 is 67.8. The summed E-state index contributed by atoms with van der Waals surface area (Å²) in [6.07, 6.45) is 41.1. The molecule has 0 saturated heterocycles. The molecular weight excluding hydrogens is 1140 g/mol. The fourth-order valence-electron chi connectivity index (χ4n) is 9.95. The van der Waals surface area contributed by atoms with Gasteiger partial charge in [0.05, 0.1) is 26.4 Å². The van der Waals surface area contributed by atoms with Crippen LogP contribution in [0, 0.1) is 17.8 Å². The average molecular weight is 1270 g/mol. The van der Waals surface area contributed by atoms with Crippen molar-refractivity contribution in [3.05, 3.63) is 0 Å². The molecule has 510 valence electrons. The monoisotopic (exact) mass is 1270 g/mol. The summed E-state index contributed by atoms with van der Waals surface area (Å²) in [5.74, 6) is 0.123. The lowest BCUT2D eigenvalue weighted by molar-refractivity contribution is -0.161. The molecule has 86 heavy (non-hydrogen) atoms. The molecular formula is C67H130O17P2. The van der Waals surface area contributed by atoms with E-state index in [4.69, 9.17) is 37.0 Å². The van der Waals surface area contributed by atoms with Crippen molar-refractivity contribution in [2.75, 3.05) is 39.6 Å². The summed E-state index contributed by atoms with van der Waals surface area (Å²) >= 11 is 0. The zero-order chi connectivity index (χ0) is 63.8. The topological polar surface area (TPSA) is 237 Å². The SMILES string of the molecule is CCCCCCCC(=O)OC[C@H](COP(=O)(O)OC[C@H](O)COP(=O)(O)OC[C@@H](COC(=O)CCCCCCCCC(C)CC)OC(=O)CCCCCCCCCCCCCCCCCCCCC(C)CC)OC(=O)CCCCCCCCC(C)C. The van der Waals surface area contributed by atoms with E-state index >= 15 is 0 Å². The quantitative estimate of drug-likeness (QED) is 0.0222. The third kappa shape index (κ3) is 58.4. The standard InChI is InChI=1S/C67H130O17P2/c1-8-11-12-31-41-48-64(69)77-54-62(84-67(72)51-44-37-29-27-32-38-45-58(4)5)56-81-85(73,74)79-52-61(68)53-80-86(75,76)82-57-63(55-78-65(70)49-42-35-30-28-34-40-47-60(7)10-3)83-66(71)50-43-36-26-24-22-20-18-16-14-13-15-17-19-21-23-25-33-39-46-59(6)9-2/h58-63,68H,8-57H2,1-7H3,(H,73,74)(H,75,76)/t59?,60?,61-,62+,63+/m0/s1. The third-order valence-corrected chi connectivity index (χ3v) is 18.0. The summed E-state index contributed by atoms with van der Waals surface area (Å²) in [7, 11) is -9.88. The van der Waals surface area contributed by atoms with Crippen LogP contribution >= 0.6 is 15.6 Å². The lowest BCUT2D eigenvalue weighted by atomic mass is 9.99. The lowest BCUT2D eigenvalue weighted by Crippen LogP contribution is -2.30. The summed E-state index contributed by atoms with van der Waals surface area (Å²) in [6, 6.07) is 0. The molecule has 0 aliphatic carbocycles. The summed E-state index contributed by atoms with van der Waals surface area (Å²) in [5, 5.41) is 10.5. The van der Waals surface area contributed by atoms with Crippen LogP contribution in [0.2, 0.25) is 0 Å². The van der Waals surface area contributed by atoms with Crippen LogP contribution in [0.3, 0.4) is 0 Å². The maximum absolute atomic E-state index is 13.0. The van der Waals surface area contributed by atoms with Crippen molar-refractivity contribution in [1.82, 2.24) is 0 Å². The predicted molar refractivity (Wildman–Crippen MR) is 344 cm³/mol. The number of ether oxygens (including phenoxy) is 4. The molecule has 3 N–H and O–H groups in total. The van der Waals surface area contributed by atoms with Crippen molar-refractivity contribution in [2.24, 2.45) is 17.8 Å². The second-order valence-corrected chi connectivity index (χ2v) is 28.1. The molecule has 0 fully saturated rings. The Labute approximate surface area is 524 Å². The van der Waals surface area contributed by atoms with Gasteiger partial charge in [0.2, 0.25) is 0 Å². The van der Waals surface area contributed by atoms with Gasteiger partial charge in [-0.1, -0.05) is 280 Å². The highest BCUT2D eigenvalue weighted by Crippen LogP contribution is 2.45. The number of hydrogen-bond acceptors (Lipinski definition) is 15. The van der Waals surface area contributed by atoms with Crippen LogP contribution in [0.25, 0.3) is 0 Å². The number of esters is 4. The summed E-state index contributed by atoms with van der Waals surface area (Å²) in [4.78, 5) is 72.0. The van der Waals surface area contributed by atoms with Crippen LogP contribution in [0.15, 0.2) is 0 Å². The highest BCUT2D eigenvalue weighted by molar-refractivity contribution is 7.47. The number of rotatable bonds is 65. The number of aliphatic hydroxyl groups excluding tert-OH is 1. The molecule has 4 unspecified atom stereocenters. The maximum Gasteiger partial charge on any atom is 0.472 e. The van der Waals surface area contributed by atoms with Crippen LogP contribution in [0.1, 0.15) is 331 Å². The predicted octanol–water partition coefficient (Wildman–Crippen LogP) is 18.7. The molecule has 0 aliphatic rings. The van der Waals surface area contributed by atoms with Crippen molar-refractivity contribution in [1.29, 1.82) is 0 Å². The Morgan fingerprint density at radius 3 is 0.884 bits per heavy atom. The van der Waals surface area contributed by atoms with Crippen molar-refractivity contribution >= 4 is 39.5 Å². The fraction of sp³-hybridized carbons (Fsp3) is 0.940. The molecule has 0 radical (unpaired) electrons. The van der Waals surface area contributed by atoms with Crippen LogP contribution in [-0.2, 0) is 65.4 Å². The van der Waals surface area contributed by atoms with Crippen molar-refractivity contribution in [3.8, 4) is 0 Å². The molecule has 0 saturated carbocycles. The fourth-order valence-corrected chi connectivity index (χ4v) is 11.5. The molecule has 0 heterocycles. The smallest absolute Gasteiger partial charge is 0.462 e. The van der Waals surface area contributed by atoms with E-state index in [2.05, 4.69) is 48.5 Å². The summed E-state index contributed by atoms with van der Waals surface area (Å²) in [5.41, 5.74) is 0. The van der Waals surface area contributed by atoms with E-state index in [1.807, 2.05) is 0 Å². The van der Waals surface area contributed by atoms with E-state index in [1.54, 1.807) is 0 Å². The van der Waals surface area contributed by atoms with E-state index in [0.717, 1.165) is 115 Å². The zero-order valence-electron chi connectivity index (χ0n) is 55.8. The lowest BCUT2D eigenvalue weighted by Gasteiger charge is -2.21. The molecule has 7 atom stereocenters. The Hall–Kier alpha value is -1.94. The van der Waals surface area contributed by atoms with Gasteiger partial charge in [0.15, 0.2) is 12.2 Å². The first kappa shape index (κ1) is 84.1. The number of phosphoric ester groups is 2. The molecule has 0 aromatic carbocycles. The zero-order valence-corrected chi connectivity index (χ0v) is 57.6. The van der Waals surface area contributed by atoms with Gasteiger partial charge in [-0.3, -0.25) is 37.3 Å². The van der Waals surface area contributed by atoms with Gasteiger partial charge < -0.3 is 33.8 Å². The number of aliphatic hydroxyl groups is 1. The summed E-state index contributed by atoms with van der Waals surface area (Å²) in [6.45, 7) is 11.7. The Morgan fingerprint density at radius 2 is 0.593 bits per heavy atom. The molecule has 0 aliphatic heterocycles. The van der Waals surface area contributed by atoms with E-state index in [1.165, 1.54) is 128 Å². The molecule has 17 nitrogen and oxygen atoms in total. The molecule has 0 bridgehead atoms. The maximum atomic E-state index is 13.0. The minimum atomic E-state index is -4.95. The minimum Gasteiger partial charge on any atom is -0.462 e. The van der Waals surface area contributed by atoms with E-state index in [0.29, 0.717) is 31.6 Å². The number of carbonyl (C=O) groups is 4. The molecule has 0 amide bonds. The van der Waals surface area contributed by atoms with Gasteiger partial charge in [-0.15, -0.1) is 0 Å². The largest absolute Gasteiger partial charge is 0.472 e. The molecule has 0 aromatic heterocycles. The molecule has 0 aromatic rings. The Morgan fingerprint density at radius 1 is 0.337 bits per heavy atom. The number of phosphoric acid groups is 2. The van der Waals surface area contributed by atoms with Gasteiger partial charge in [-0.25, -0.2) is 9.13 Å². The number of carbonyl (C=O) groups excluding carboxylic acids is 4. The van der Waals surface area contributed by atoms with Gasteiger partial charge in [0.25, 0.3) is 0 Å². The Balaban J connectivity index is 5.06. The van der Waals surface area contributed by atoms with E-state index in [9.17, 15) is 43.2 Å². The minimum absolute atomic E-state index is 0.101. The van der Waals surface area contributed by atoms with Crippen molar-refractivity contribution < 1.29 is 80.2 Å². The number of hydrogen-bond donors (Lipinski definition) is 3.